The van der Waals surface area contributed by atoms with Gasteiger partial charge in [-0.2, -0.15) is 4.72 Å². The first kappa shape index (κ1) is 27.6. The highest BCUT2D eigenvalue weighted by molar-refractivity contribution is 7.89. The molecule has 1 aromatic heterocycles. The summed E-state index contributed by atoms with van der Waals surface area (Å²) in [6.07, 6.45) is 0.805. The number of carbonyl (C=O) groups excluding carboxylic acids is 2. The third kappa shape index (κ3) is 6.91. The lowest BCUT2D eigenvalue weighted by Gasteiger charge is -2.20. The number of hydrogen-bond acceptors (Lipinski definition) is 7. The van der Waals surface area contributed by atoms with E-state index in [-0.39, 0.29) is 10.7 Å². The Kier molecular flexibility index (Phi) is 9.84. The van der Waals surface area contributed by atoms with Crippen molar-refractivity contribution in [1.29, 1.82) is 0 Å². The van der Waals surface area contributed by atoms with Crippen molar-refractivity contribution >= 4 is 21.8 Å². The number of esters is 1. The Hall–Kier alpha value is -2.69. The van der Waals surface area contributed by atoms with Gasteiger partial charge >= 0.3 is 5.97 Å². The molecule has 1 atom stereocenters. The number of nitrogens with one attached hydrogen (secondary N) is 1. The summed E-state index contributed by atoms with van der Waals surface area (Å²) in [6.45, 7) is 7.98. The van der Waals surface area contributed by atoms with Gasteiger partial charge in [-0.1, -0.05) is 13.8 Å². The number of carbonyl (C=O) groups is 2. The maximum absolute atomic E-state index is 12.8. The molecule has 0 amide bonds. The zero-order valence-electron chi connectivity index (χ0n) is 20.6. The lowest BCUT2D eigenvalue weighted by Crippen LogP contribution is -2.45. The highest BCUT2D eigenvalue weighted by Gasteiger charge is 2.30. The summed E-state index contributed by atoms with van der Waals surface area (Å²) in [7, 11) is -0.872. The highest BCUT2D eigenvalue weighted by atomic mass is 32.2. The molecule has 0 saturated heterocycles. The molecule has 0 saturated carbocycles. The fourth-order valence-electron chi connectivity index (χ4n) is 3.55. The van der Waals surface area contributed by atoms with Gasteiger partial charge < -0.3 is 18.8 Å². The summed E-state index contributed by atoms with van der Waals surface area (Å²) < 4.78 is 45.3. The average molecular weight is 495 g/mol. The number of ether oxygens (including phenoxy) is 3. The lowest BCUT2D eigenvalue weighted by molar-refractivity contribution is -0.145. The summed E-state index contributed by atoms with van der Waals surface area (Å²) in [5.41, 5.74) is 2.19. The number of Topliss-reactive ketones (excluding diaryl/α,β-unsaturated/α-hetero) is 1. The van der Waals surface area contributed by atoms with E-state index in [9.17, 15) is 18.0 Å². The smallest absolute Gasteiger partial charge is 0.324 e. The van der Waals surface area contributed by atoms with Gasteiger partial charge in [0.15, 0.2) is 6.61 Å². The molecule has 0 radical (unpaired) electrons. The van der Waals surface area contributed by atoms with Crippen LogP contribution in [0.4, 0.5) is 0 Å². The third-order valence-corrected chi connectivity index (χ3v) is 6.98. The van der Waals surface area contributed by atoms with Crippen molar-refractivity contribution in [3.63, 3.8) is 0 Å². The number of sulfonamides is 1. The van der Waals surface area contributed by atoms with Crippen molar-refractivity contribution in [2.24, 2.45) is 5.92 Å². The minimum Gasteiger partial charge on any atom is -0.497 e. The molecule has 0 spiro atoms. The number of benzene rings is 1. The zero-order valence-corrected chi connectivity index (χ0v) is 21.4. The van der Waals surface area contributed by atoms with E-state index in [1.807, 2.05) is 18.4 Å². The Morgan fingerprint density at radius 2 is 1.74 bits per heavy atom. The molecule has 0 fully saturated rings. The number of methoxy groups -OCH3 is 2. The Morgan fingerprint density at radius 1 is 1.09 bits per heavy atom. The summed E-state index contributed by atoms with van der Waals surface area (Å²) in [5, 5.41) is 0. The van der Waals surface area contributed by atoms with Gasteiger partial charge in [0.1, 0.15) is 11.8 Å². The van der Waals surface area contributed by atoms with Crippen LogP contribution in [0, 0.1) is 19.8 Å². The minimum absolute atomic E-state index is 0.0104. The topological polar surface area (TPSA) is 113 Å². The zero-order chi connectivity index (χ0) is 25.5. The first-order chi connectivity index (χ1) is 16.0. The fourth-order valence-corrected chi connectivity index (χ4v) is 4.88. The number of rotatable bonds is 13. The van der Waals surface area contributed by atoms with Gasteiger partial charge in [-0.25, -0.2) is 8.42 Å². The quantitative estimate of drug-likeness (QED) is 0.259. The molecule has 188 valence electrons. The molecule has 1 aromatic carbocycles. The first-order valence-corrected chi connectivity index (χ1v) is 12.5. The van der Waals surface area contributed by atoms with E-state index in [0.717, 1.165) is 17.8 Å². The van der Waals surface area contributed by atoms with E-state index in [2.05, 4.69) is 4.72 Å². The first-order valence-electron chi connectivity index (χ1n) is 11.0. The molecule has 0 aliphatic carbocycles. The molecule has 1 N–H and O–H groups in total. The summed E-state index contributed by atoms with van der Waals surface area (Å²) in [6, 6.07) is 6.42. The highest BCUT2D eigenvalue weighted by Crippen LogP contribution is 2.19. The van der Waals surface area contributed by atoms with E-state index in [0.29, 0.717) is 24.5 Å². The van der Waals surface area contributed by atoms with Crippen LogP contribution in [0.15, 0.2) is 35.2 Å². The van der Waals surface area contributed by atoms with Gasteiger partial charge in [0.25, 0.3) is 0 Å². The van der Waals surface area contributed by atoms with E-state index < -0.39 is 34.6 Å². The Balaban J connectivity index is 2.07. The molecule has 1 heterocycles. The summed E-state index contributed by atoms with van der Waals surface area (Å²) in [5.74, 6) is -1.05. The van der Waals surface area contributed by atoms with E-state index >= 15 is 0 Å². The fraction of sp³-hybridized carbons (Fsp3) is 0.500. The molecule has 34 heavy (non-hydrogen) atoms. The minimum atomic E-state index is -3.99. The van der Waals surface area contributed by atoms with E-state index in [1.165, 1.54) is 31.4 Å². The third-order valence-electron chi connectivity index (χ3n) is 5.52. The molecular weight excluding hydrogens is 460 g/mol. The number of ketones is 1. The Labute approximate surface area is 201 Å². The standard InChI is InChI=1S/C24H34N2O7S/c1-16(2)23(25-34(29,30)20-10-8-19(32-6)9-11-20)24(28)33-15-22(27)21-14-17(3)26(18(21)4)12-7-13-31-5/h8-11,14,16,23,25H,7,12-13,15H2,1-6H3. The number of nitrogens with zero attached hydrogens (tertiary/aromatic N) is 1. The molecule has 0 aliphatic rings. The number of aryl methyl sites for hydroxylation is 1. The maximum atomic E-state index is 12.8. The Bertz CT molecular complexity index is 1090. The van der Waals surface area contributed by atoms with Crippen LogP contribution in [-0.2, 0) is 30.8 Å². The predicted molar refractivity (Wildman–Crippen MR) is 128 cm³/mol. The Morgan fingerprint density at radius 3 is 2.29 bits per heavy atom. The van der Waals surface area contributed by atoms with Crippen LogP contribution in [0.3, 0.4) is 0 Å². The largest absolute Gasteiger partial charge is 0.497 e. The second-order valence-electron chi connectivity index (χ2n) is 8.33. The van der Waals surface area contributed by atoms with Gasteiger partial charge in [0.05, 0.1) is 12.0 Å². The van der Waals surface area contributed by atoms with Gasteiger partial charge in [-0.15, -0.1) is 0 Å². The van der Waals surface area contributed by atoms with Crippen LogP contribution in [0.25, 0.3) is 0 Å². The van der Waals surface area contributed by atoms with Crippen molar-refractivity contribution in [3.05, 3.63) is 47.3 Å². The molecule has 1 unspecified atom stereocenters. The van der Waals surface area contributed by atoms with Crippen molar-refractivity contribution < 1.29 is 32.2 Å². The molecule has 2 rings (SSSR count). The molecule has 9 nitrogen and oxygen atoms in total. The van der Waals surface area contributed by atoms with Gasteiger partial charge in [0.2, 0.25) is 15.8 Å². The monoisotopic (exact) mass is 494 g/mol. The predicted octanol–water partition coefficient (Wildman–Crippen LogP) is 2.88. The van der Waals surface area contributed by atoms with Crippen LogP contribution in [0.1, 0.15) is 42.0 Å². The SMILES string of the molecule is COCCCn1c(C)cc(C(=O)COC(=O)C(NS(=O)(=O)c2ccc(OC)cc2)C(C)C)c1C. The molecule has 0 aliphatic heterocycles. The number of aromatic nitrogens is 1. The van der Waals surface area contributed by atoms with Gasteiger partial charge in [-0.3, -0.25) is 9.59 Å². The molecule has 2 aromatic rings. The molecule has 0 bridgehead atoms. The second kappa shape index (κ2) is 12.1. The maximum Gasteiger partial charge on any atom is 0.324 e. The number of hydrogen-bond donors (Lipinski definition) is 1. The van der Waals surface area contributed by atoms with Gasteiger partial charge in [-0.05, 0) is 56.5 Å². The van der Waals surface area contributed by atoms with Crippen LogP contribution in [-0.4, -0.2) is 58.2 Å². The van der Waals surface area contributed by atoms with Crippen molar-refractivity contribution in [3.8, 4) is 5.75 Å². The summed E-state index contributed by atoms with van der Waals surface area (Å²) in [4.78, 5) is 25.5. The van der Waals surface area contributed by atoms with Crippen LogP contribution >= 0.6 is 0 Å². The van der Waals surface area contributed by atoms with Crippen molar-refractivity contribution in [2.75, 3.05) is 27.4 Å². The van der Waals surface area contributed by atoms with Crippen molar-refractivity contribution in [1.82, 2.24) is 9.29 Å². The molecule has 10 heteroatoms. The van der Waals surface area contributed by atoms with Crippen LogP contribution in [0.2, 0.25) is 0 Å². The molecular formula is C24H34N2O7S. The van der Waals surface area contributed by atoms with Crippen LogP contribution < -0.4 is 9.46 Å². The average Bonchev–Trinajstić information content (AvgIpc) is 3.09. The van der Waals surface area contributed by atoms with Crippen molar-refractivity contribution in [2.45, 2.75) is 51.6 Å². The van der Waals surface area contributed by atoms with E-state index in [4.69, 9.17) is 14.2 Å². The lowest BCUT2D eigenvalue weighted by atomic mass is 10.1. The van der Waals surface area contributed by atoms with Crippen LogP contribution in [0.5, 0.6) is 5.75 Å². The van der Waals surface area contributed by atoms with E-state index in [1.54, 1.807) is 27.0 Å². The van der Waals surface area contributed by atoms with Gasteiger partial charge in [0, 0.05) is 37.2 Å². The normalized spacial score (nSPS) is 12.6. The second-order valence-corrected chi connectivity index (χ2v) is 10.0. The summed E-state index contributed by atoms with van der Waals surface area (Å²) >= 11 is 0.